The zero-order valence-corrected chi connectivity index (χ0v) is 14.1. The Labute approximate surface area is 144 Å². The number of esters is 1. The first-order valence-corrected chi connectivity index (χ1v) is 8.30. The summed E-state index contributed by atoms with van der Waals surface area (Å²) in [5.41, 5.74) is 3.88. The highest BCUT2D eigenvalue weighted by Crippen LogP contribution is 2.51. The van der Waals surface area contributed by atoms with Gasteiger partial charge >= 0.3 is 5.97 Å². The van der Waals surface area contributed by atoms with Gasteiger partial charge in [-0.25, -0.2) is 4.98 Å². The lowest BCUT2D eigenvalue weighted by atomic mass is 9.91. The number of H-pyrrole nitrogens is 1. The Kier molecular flexibility index (Phi) is 3.57. The van der Waals surface area contributed by atoms with Gasteiger partial charge < -0.3 is 9.72 Å². The maximum absolute atomic E-state index is 11.6. The summed E-state index contributed by atoms with van der Waals surface area (Å²) in [7, 11) is 1.44. The summed E-state index contributed by atoms with van der Waals surface area (Å²) in [4.78, 5) is 19.3. The highest BCUT2D eigenvalue weighted by Gasteiger charge is 2.46. The molecule has 24 heavy (non-hydrogen) atoms. The summed E-state index contributed by atoms with van der Waals surface area (Å²) >= 11 is 5.98. The van der Waals surface area contributed by atoms with E-state index in [1.807, 2.05) is 18.2 Å². The van der Waals surface area contributed by atoms with Crippen LogP contribution in [0, 0.1) is 0 Å². The van der Waals surface area contributed by atoms with Crippen LogP contribution in [0.1, 0.15) is 24.8 Å². The summed E-state index contributed by atoms with van der Waals surface area (Å²) < 4.78 is 4.82. The van der Waals surface area contributed by atoms with Gasteiger partial charge in [0.2, 0.25) is 0 Å². The number of nitrogens with zero attached hydrogens (tertiary/aromatic N) is 1. The third kappa shape index (κ3) is 2.67. The van der Waals surface area contributed by atoms with E-state index < -0.39 is 0 Å². The topological polar surface area (TPSA) is 55.0 Å². The number of hydrogen-bond acceptors (Lipinski definition) is 3. The molecule has 1 N–H and O–H groups in total. The first-order chi connectivity index (χ1) is 11.6. The molecule has 1 aliphatic rings. The number of fused-ring (bicyclic) bond motifs is 1. The summed E-state index contributed by atoms with van der Waals surface area (Å²) in [6, 6.07) is 14.2. The number of carbonyl (C=O) groups excluding carboxylic acids is 1. The average Bonchev–Trinajstić information content (AvgIpc) is 3.27. The average molecular weight is 341 g/mol. The quantitative estimate of drug-likeness (QED) is 0.712. The van der Waals surface area contributed by atoms with Crippen LogP contribution < -0.4 is 0 Å². The standard InChI is InChI=1S/C19H17ClN2O2/c1-24-17(23)11-19(8-9-19)14-5-2-12(3-6-14)15-7-4-13-10-16(20)22-18(13)21-15/h2-7,10H,8-9,11H2,1H3,(H,21,22). The number of ether oxygens (including phenoxy) is 1. The van der Waals surface area contributed by atoms with Crippen molar-refractivity contribution in [2.75, 3.05) is 7.11 Å². The van der Waals surface area contributed by atoms with Crippen LogP contribution in [0.4, 0.5) is 0 Å². The lowest BCUT2D eigenvalue weighted by molar-refractivity contribution is -0.141. The highest BCUT2D eigenvalue weighted by atomic mass is 35.5. The number of pyridine rings is 1. The SMILES string of the molecule is COC(=O)CC1(c2ccc(-c3ccc4cc(Cl)[nH]c4n3)cc2)CC1. The second kappa shape index (κ2) is 5.64. The number of aromatic nitrogens is 2. The molecule has 0 atom stereocenters. The number of halogens is 1. The molecular formula is C19H17ClN2O2. The Bertz CT molecular complexity index is 911. The molecule has 0 unspecified atom stereocenters. The van der Waals surface area contributed by atoms with E-state index in [1.54, 1.807) is 0 Å². The van der Waals surface area contributed by atoms with Gasteiger partial charge in [-0.1, -0.05) is 35.9 Å². The van der Waals surface area contributed by atoms with Gasteiger partial charge in [-0.2, -0.15) is 0 Å². The summed E-state index contributed by atoms with van der Waals surface area (Å²) in [5, 5.41) is 1.58. The van der Waals surface area contributed by atoms with Gasteiger partial charge in [0, 0.05) is 16.4 Å². The Hall–Kier alpha value is -2.33. The Morgan fingerprint density at radius 1 is 1.25 bits per heavy atom. The van der Waals surface area contributed by atoms with Gasteiger partial charge in [0.05, 0.1) is 19.2 Å². The minimum absolute atomic E-state index is 0.0318. The van der Waals surface area contributed by atoms with Crippen molar-refractivity contribution >= 4 is 28.6 Å². The van der Waals surface area contributed by atoms with E-state index in [-0.39, 0.29) is 11.4 Å². The third-order valence-electron chi connectivity index (χ3n) is 4.80. The van der Waals surface area contributed by atoms with Crippen molar-refractivity contribution in [1.82, 2.24) is 9.97 Å². The van der Waals surface area contributed by atoms with Gasteiger partial charge in [0.25, 0.3) is 0 Å². The number of methoxy groups -OCH3 is 1. The fourth-order valence-corrected chi connectivity index (χ4v) is 3.40. The van der Waals surface area contributed by atoms with Crippen LogP contribution in [-0.2, 0) is 14.9 Å². The van der Waals surface area contributed by atoms with Crippen molar-refractivity contribution in [2.24, 2.45) is 0 Å². The number of nitrogens with one attached hydrogen (secondary N) is 1. The molecule has 0 bridgehead atoms. The van der Waals surface area contributed by atoms with Gasteiger partial charge in [0.1, 0.15) is 10.8 Å². The highest BCUT2D eigenvalue weighted by molar-refractivity contribution is 6.30. The molecule has 122 valence electrons. The molecule has 2 heterocycles. The van der Waals surface area contributed by atoms with Crippen molar-refractivity contribution < 1.29 is 9.53 Å². The van der Waals surface area contributed by atoms with Crippen LogP contribution in [0.2, 0.25) is 5.15 Å². The van der Waals surface area contributed by atoms with Crippen LogP contribution in [0.5, 0.6) is 0 Å². The first kappa shape index (κ1) is 15.2. The number of carbonyl (C=O) groups is 1. The molecule has 1 aliphatic carbocycles. The zero-order valence-electron chi connectivity index (χ0n) is 13.3. The predicted molar refractivity (Wildman–Crippen MR) is 94.1 cm³/mol. The van der Waals surface area contributed by atoms with Crippen molar-refractivity contribution in [3.63, 3.8) is 0 Å². The molecule has 0 radical (unpaired) electrons. The Balaban J connectivity index is 1.62. The Morgan fingerprint density at radius 3 is 2.67 bits per heavy atom. The van der Waals surface area contributed by atoms with Gasteiger partial charge in [-0.3, -0.25) is 4.79 Å². The maximum Gasteiger partial charge on any atom is 0.306 e. The van der Waals surface area contributed by atoms with E-state index in [1.165, 1.54) is 12.7 Å². The normalized spacial score (nSPS) is 15.4. The number of hydrogen-bond donors (Lipinski definition) is 1. The molecule has 4 nitrogen and oxygen atoms in total. The van der Waals surface area contributed by atoms with Crippen LogP contribution in [0.3, 0.4) is 0 Å². The van der Waals surface area contributed by atoms with Gasteiger partial charge in [0.15, 0.2) is 0 Å². The van der Waals surface area contributed by atoms with Gasteiger partial charge in [-0.15, -0.1) is 0 Å². The van der Waals surface area contributed by atoms with Crippen molar-refractivity contribution in [1.29, 1.82) is 0 Å². The molecule has 1 aromatic carbocycles. The van der Waals surface area contributed by atoms with Gasteiger partial charge in [-0.05, 0) is 36.6 Å². The lowest BCUT2D eigenvalue weighted by Crippen LogP contribution is -2.14. The molecular weight excluding hydrogens is 324 g/mol. The molecule has 0 aliphatic heterocycles. The maximum atomic E-state index is 11.6. The van der Waals surface area contributed by atoms with E-state index in [0.717, 1.165) is 35.1 Å². The van der Waals surface area contributed by atoms with Crippen LogP contribution in [0.15, 0.2) is 42.5 Å². The molecule has 1 saturated carbocycles. The Morgan fingerprint density at radius 2 is 2.00 bits per heavy atom. The molecule has 2 aromatic heterocycles. The number of aromatic amines is 1. The predicted octanol–water partition coefficient (Wildman–Crippen LogP) is 4.48. The van der Waals surface area contributed by atoms with E-state index in [4.69, 9.17) is 16.3 Å². The fourth-order valence-electron chi connectivity index (χ4n) is 3.19. The minimum atomic E-state index is -0.146. The van der Waals surface area contributed by atoms with E-state index in [0.29, 0.717) is 11.6 Å². The third-order valence-corrected chi connectivity index (χ3v) is 5.01. The lowest BCUT2D eigenvalue weighted by Gasteiger charge is -2.14. The molecule has 4 rings (SSSR count). The largest absolute Gasteiger partial charge is 0.469 e. The first-order valence-electron chi connectivity index (χ1n) is 7.93. The van der Waals surface area contributed by atoms with Crippen molar-refractivity contribution in [2.45, 2.75) is 24.7 Å². The molecule has 0 saturated heterocycles. The monoisotopic (exact) mass is 340 g/mol. The molecule has 0 amide bonds. The van der Waals surface area contributed by atoms with E-state index in [2.05, 4.69) is 34.2 Å². The van der Waals surface area contributed by atoms with Crippen LogP contribution in [0.25, 0.3) is 22.3 Å². The van der Waals surface area contributed by atoms with Crippen LogP contribution in [-0.4, -0.2) is 23.0 Å². The zero-order chi connectivity index (χ0) is 16.7. The second-order valence-electron chi connectivity index (χ2n) is 6.36. The van der Waals surface area contributed by atoms with E-state index >= 15 is 0 Å². The number of benzene rings is 1. The molecule has 1 fully saturated rings. The minimum Gasteiger partial charge on any atom is -0.469 e. The summed E-state index contributed by atoms with van der Waals surface area (Å²) in [6.45, 7) is 0. The fraction of sp³-hybridized carbons (Fsp3) is 0.263. The summed E-state index contributed by atoms with van der Waals surface area (Å²) in [6.07, 6.45) is 2.52. The molecule has 5 heteroatoms. The number of rotatable bonds is 4. The van der Waals surface area contributed by atoms with Crippen molar-refractivity contribution in [3.8, 4) is 11.3 Å². The molecule has 0 spiro atoms. The summed E-state index contributed by atoms with van der Waals surface area (Å²) in [5.74, 6) is -0.146. The van der Waals surface area contributed by atoms with Crippen molar-refractivity contribution in [3.05, 3.63) is 53.2 Å². The molecule has 3 aromatic rings. The van der Waals surface area contributed by atoms with Crippen LogP contribution >= 0.6 is 11.6 Å². The van der Waals surface area contributed by atoms with E-state index in [9.17, 15) is 4.79 Å². The second-order valence-corrected chi connectivity index (χ2v) is 6.77. The smallest absolute Gasteiger partial charge is 0.306 e.